The summed E-state index contributed by atoms with van der Waals surface area (Å²) >= 11 is 0. The molecule has 0 unspecified atom stereocenters. The zero-order valence-electron chi connectivity index (χ0n) is 5.71. The number of allylic oxidation sites excluding steroid dienone is 2. The lowest BCUT2D eigenvalue weighted by Crippen LogP contribution is -2.09. The molecular weight excluding hydrogens is 112 g/mol. The number of hydrogen-bond donors (Lipinski definition) is 0. The average Bonchev–Trinajstić information content (AvgIpc) is 1.88. The van der Waals surface area contributed by atoms with Crippen LogP contribution in [0.1, 0.15) is 19.8 Å². The zero-order valence-corrected chi connectivity index (χ0v) is 5.71. The highest BCUT2D eigenvalue weighted by molar-refractivity contribution is 5.54. The number of hydrogen-bond acceptors (Lipinski definition) is 1. The first-order valence-electron chi connectivity index (χ1n) is 3.45. The second-order valence-corrected chi connectivity index (χ2v) is 2.77. The molecule has 0 spiro atoms. The van der Waals surface area contributed by atoms with Crippen LogP contribution in [-0.2, 0) is 4.79 Å². The smallest absolute Gasteiger partial charge is 0.123 e. The van der Waals surface area contributed by atoms with Gasteiger partial charge in [-0.3, -0.25) is 0 Å². The molecule has 0 aromatic rings. The topological polar surface area (TPSA) is 17.1 Å². The van der Waals surface area contributed by atoms with E-state index in [1.165, 1.54) is 0 Å². The summed E-state index contributed by atoms with van der Waals surface area (Å²) in [5.41, 5.74) is 0. The van der Waals surface area contributed by atoms with Gasteiger partial charge in [-0.2, -0.15) is 0 Å². The van der Waals surface area contributed by atoms with E-state index in [2.05, 4.69) is 19.1 Å². The molecule has 0 saturated heterocycles. The van der Waals surface area contributed by atoms with Gasteiger partial charge in [0.15, 0.2) is 0 Å². The van der Waals surface area contributed by atoms with Crippen LogP contribution in [0.4, 0.5) is 0 Å². The second kappa shape index (κ2) is 2.81. The summed E-state index contributed by atoms with van der Waals surface area (Å²) in [6.07, 6.45) is 7.35. The summed E-state index contributed by atoms with van der Waals surface area (Å²) in [6.45, 7) is 2.14. The molecule has 0 radical (unpaired) electrons. The van der Waals surface area contributed by atoms with Crippen molar-refractivity contribution in [3.8, 4) is 0 Å². The Morgan fingerprint density at radius 3 is 2.89 bits per heavy atom. The van der Waals surface area contributed by atoms with E-state index in [0.29, 0.717) is 11.8 Å². The van der Waals surface area contributed by atoms with E-state index in [1.54, 1.807) is 0 Å². The number of aldehydes is 1. The van der Waals surface area contributed by atoms with Crippen molar-refractivity contribution in [2.45, 2.75) is 19.8 Å². The molecule has 1 aliphatic rings. The monoisotopic (exact) mass is 124 g/mol. The van der Waals surface area contributed by atoms with Gasteiger partial charge in [0, 0.05) is 5.92 Å². The van der Waals surface area contributed by atoms with Crippen LogP contribution in [0, 0.1) is 11.8 Å². The molecule has 1 rings (SSSR count). The van der Waals surface area contributed by atoms with E-state index in [4.69, 9.17) is 0 Å². The Hall–Kier alpha value is -0.590. The molecule has 0 amide bonds. The van der Waals surface area contributed by atoms with Gasteiger partial charge < -0.3 is 4.79 Å². The molecular formula is C8H12O. The van der Waals surface area contributed by atoms with Crippen LogP contribution in [0.15, 0.2) is 12.2 Å². The molecule has 1 heteroatoms. The maximum atomic E-state index is 10.3. The van der Waals surface area contributed by atoms with E-state index in [9.17, 15) is 4.79 Å². The standard InChI is InChI=1S/C8H12O/c1-7-3-2-4-8(5-7)6-9/h2-3,6-8H,4-5H2,1H3/t7-,8+/m1/s1. The van der Waals surface area contributed by atoms with Gasteiger partial charge in [0.1, 0.15) is 6.29 Å². The van der Waals surface area contributed by atoms with Crippen LogP contribution in [0.2, 0.25) is 0 Å². The van der Waals surface area contributed by atoms with Crippen molar-refractivity contribution in [2.75, 3.05) is 0 Å². The van der Waals surface area contributed by atoms with Gasteiger partial charge in [-0.15, -0.1) is 0 Å². The maximum absolute atomic E-state index is 10.3. The zero-order chi connectivity index (χ0) is 6.69. The summed E-state index contributed by atoms with van der Waals surface area (Å²) in [6, 6.07) is 0. The largest absolute Gasteiger partial charge is 0.303 e. The van der Waals surface area contributed by atoms with E-state index in [0.717, 1.165) is 19.1 Å². The number of carbonyl (C=O) groups is 1. The SMILES string of the molecule is C[C@@H]1C=CC[C@H](C=O)C1. The highest BCUT2D eigenvalue weighted by atomic mass is 16.1. The Kier molecular flexibility index (Phi) is 2.04. The van der Waals surface area contributed by atoms with Gasteiger partial charge in [-0.05, 0) is 18.8 Å². The van der Waals surface area contributed by atoms with Gasteiger partial charge in [0.25, 0.3) is 0 Å². The minimum atomic E-state index is 0.296. The average molecular weight is 124 g/mol. The third kappa shape index (κ3) is 1.67. The van der Waals surface area contributed by atoms with E-state index in [-0.39, 0.29) is 0 Å². The molecule has 0 aliphatic heterocycles. The van der Waals surface area contributed by atoms with Crippen LogP contribution in [0.3, 0.4) is 0 Å². The summed E-state index contributed by atoms with van der Waals surface area (Å²) in [5.74, 6) is 0.902. The van der Waals surface area contributed by atoms with Gasteiger partial charge in [-0.1, -0.05) is 19.1 Å². The number of carbonyl (C=O) groups excluding carboxylic acids is 1. The third-order valence-corrected chi connectivity index (χ3v) is 1.77. The fourth-order valence-electron chi connectivity index (χ4n) is 1.25. The fourth-order valence-corrected chi connectivity index (χ4v) is 1.25. The molecule has 1 aliphatic carbocycles. The Labute approximate surface area is 55.8 Å². The molecule has 0 N–H and O–H groups in total. The van der Waals surface area contributed by atoms with Crippen molar-refractivity contribution in [1.29, 1.82) is 0 Å². The molecule has 50 valence electrons. The quantitative estimate of drug-likeness (QED) is 0.384. The maximum Gasteiger partial charge on any atom is 0.123 e. The number of rotatable bonds is 1. The summed E-state index contributed by atoms with van der Waals surface area (Å²) in [5, 5.41) is 0. The van der Waals surface area contributed by atoms with Crippen LogP contribution in [0.5, 0.6) is 0 Å². The summed E-state index contributed by atoms with van der Waals surface area (Å²) < 4.78 is 0. The van der Waals surface area contributed by atoms with Crippen LogP contribution < -0.4 is 0 Å². The molecule has 1 nitrogen and oxygen atoms in total. The molecule has 0 aromatic carbocycles. The summed E-state index contributed by atoms with van der Waals surface area (Å²) in [4.78, 5) is 10.3. The molecule has 9 heavy (non-hydrogen) atoms. The van der Waals surface area contributed by atoms with E-state index < -0.39 is 0 Å². The molecule has 0 bridgehead atoms. The Morgan fingerprint density at radius 2 is 2.44 bits per heavy atom. The van der Waals surface area contributed by atoms with Crippen molar-refractivity contribution < 1.29 is 4.79 Å². The predicted octanol–water partition coefficient (Wildman–Crippen LogP) is 1.79. The predicted molar refractivity (Wildman–Crippen MR) is 37.1 cm³/mol. The Morgan fingerprint density at radius 1 is 1.67 bits per heavy atom. The normalized spacial score (nSPS) is 34.3. The van der Waals surface area contributed by atoms with Crippen LogP contribution in [-0.4, -0.2) is 6.29 Å². The van der Waals surface area contributed by atoms with Crippen molar-refractivity contribution >= 4 is 6.29 Å². The Bertz CT molecular complexity index is 127. The van der Waals surface area contributed by atoms with Gasteiger partial charge >= 0.3 is 0 Å². The van der Waals surface area contributed by atoms with Crippen molar-refractivity contribution in [3.05, 3.63) is 12.2 Å². The van der Waals surface area contributed by atoms with Crippen LogP contribution >= 0.6 is 0 Å². The first-order chi connectivity index (χ1) is 4.33. The lowest BCUT2D eigenvalue weighted by atomic mass is 9.89. The van der Waals surface area contributed by atoms with Crippen molar-refractivity contribution in [3.63, 3.8) is 0 Å². The molecule has 0 saturated carbocycles. The minimum Gasteiger partial charge on any atom is -0.303 e. The highest BCUT2D eigenvalue weighted by Crippen LogP contribution is 2.20. The molecule has 0 heterocycles. The second-order valence-electron chi connectivity index (χ2n) is 2.77. The molecule has 2 atom stereocenters. The van der Waals surface area contributed by atoms with Gasteiger partial charge in [0.2, 0.25) is 0 Å². The van der Waals surface area contributed by atoms with Crippen LogP contribution in [0.25, 0.3) is 0 Å². The lowest BCUT2D eigenvalue weighted by Gasteiger charge is -2.15. The lowest BCUT2D eigenvalue weighted by molar-refractivity contribution is -0.111. The molecule has 0 aromatic heterocycles. The van der Waals surface area contributed by atoms with E-state index in [1.807, 2.05) is 0 Å². The highest BCUT2D eigenvalue weighted by Gasteiger charge is 2.12. The van der Waals surface area contributed by atoms with Gasteiger partial charge in [-0.25, -0.2) is 0 Å². The Balaban J connectivity index is 2.46. The summed E-state index contributed by atoms with van der Waals surface area (Å²) in [7, 11) is 0. The van der Waals surface area contributed by atoms with E-state index >= 15 is 0 Å². The minimum absolute atomic E-state index is 0.296. The van der Waals surface area contributed by atoms with Crippen molar-refractivity contribution in [2.24, 2.45) is 11.8 Å². The van der Waals surface area contributed by atoms with Gasteiger partial charge in [0.05, 0.1) is 0 Å². The first kappa shape index (κ1) is 6.53. The molecule has 0 fully saturated rings. The first-order valence-corrected chi connectivity index (χ1v) is 3.45. The fraction of sp³-hybridized carbons (Fsp3) is 0.625. The third-order valence-electron chi connectivity index (χ3n) is 1.77. The van der Waals surface area contributed by atoms with Crippen molar-refractivity contribution in [1.82, 2.24) is 0 Å².